The van der Waals surface area contributed by atoms with E-state index in [0.717, 1.165) is 48.5 Å². The standard InChI is InChI=1S/C19H28FN5.HI/c1-3-21-19(24-13-16-5-4-10-25(16)2)22-9-8-14-12-23-18-7-6-15(20)11-17(14)18;/h6-7,11-12,16,23H,3-5,8-10,13H2,1-2H3,(H2,21,22,24);1H. The molecule has 2 heterocycles. The Morgan fingerprint density at radius 2 is 2.23 bits per heavy atom. The Morgan fingerprint density at radius 1 is 1.38 bits per heavy atom. The Kier molecular flexibility index (Phi) is 8.15. The monoisotopic (exact) mass is 473 g/mol. The van der Waals surface area contributed by atoms with Gasteiger partial charge in [0.15, 0.2) is 5.96 Å². The lowest BCUT2D eigenvalue weighted by molar-refractivity contribution is 0.317. The fourth-order valence-corrected chi connectivity index (χ4v) is 3.42. The summed E-state index contributed by atoms with van der Waals surface area (Å²) in [7, 11) is 2.17. The zero-order chi connectivity index (χ0) is 17.6. The highest BCUT2D eigenvalue weighted by atomic mass is 127. The first-order valence-corrected chi connectivity index (χ1v) is 9.15. The number of likely N-dealkylation sites (tertiary alicyclic amines) is 1. The molecule has 0 saturated carbocycles. The number of rotatable bonds is 6. The molecule has 0 bridgehead atoms. The Balaban J connectivity index is 0.00000243. The minimum atomic E-state index is -0.197. The van der Waals surface area contributed by atoms with Crippen LogP contribution < -0.4 is 10.6 Å². The van der Waals surface area contributed by atoms with Gasteiger partial charge in [0.1, 0.15) is 5.82 Å². The average molecular weight is 473 g/mol. The van der Waals surface area contributed by atoms with Crippen LogP contribution in [0.3, 0.4) is 0 Å². The maximum Gasteiger partial charge on any atom is 0.191 e. The molecule has 3 rings (SSSR count). The fraction of sp³-hybridized carbons (Fsp3) is 0.526. The third-order valence-corrected chi connectivity index (χ3v) is 4.89. The number of hydrogen-bond donors (Lipinski definition) is 3. The number of likely N-dealkylation sites (N-methyl/N-ethyl adjacent to an activating group) is 1. The van der Waals surface area contributed by atoms with Crippen LogP contribution in [0, 0.1) is 5.82 Å². The van der Waals surface area contributed by atoms with Crippen molar-refractivity contribution in [2.24, 2.45) is 4.99 Å². The second-order valence-electron chi connectivity index (χ2n) is 6.68. The summed E-state index contributed by atoms with van der Waals surface area (Å²) in [6.07, 6.45) is 5.26. The number of nitrogens with one attached hydrogen (secondary N) is 3. The molecule has 1 aliphatic heterocycles. The first kappa shape index (κ1) is 21.0. The third kappa shape index (κ3) is 5.33. The van der Waals surface area contributed by atoms with E-state index in [1.165, 1.54) is 25.5 Å². The van der Waals surface area contributed by atoms with Crippen molar-refractivity contribution in [1.29, 1.82) is 0 Å². The molecular weight excluding hydrogens is 444 g/mol. The molecular formula is C19H29FIN5. The molecule has 0 spiro atoms. The van der Waals surface area contributed by atoms with Crippen molar-refractivity contribution < 1.29 is 4.39 Å². The van der Waals surface area contributed by atoms with Gasteiger partial charge < -0.3 is 20.5 Å². The zero-order valence-corrected chi connectivity index (χ0v) is 17.8. The smallest absolute Gasteiger partial charge is 0.191 e. The van der Waals surface area contributed by atoms with Gasteiger partial charge in [0.05, 0.1) is 6.54 Å². The second kappa shape index (κ2) is 10.1. The molecule has 26 heavy (non-hydrogen) atoms. The van der Waals surface area contributed by atoms with Crippen LogP contribution in [0.1, 0.15) is 25.3 Å². The maximum absolute atomic E-state index is 13.5. The van der Waals surface area contributed by atoms with E-state index in [-0.39, 0.29) is 29.8 Å². The normalized spacial score (nSPS) is 18.1. The van der Waals surface area contributed by atoms with Gasteiger partial charge >= 0.3 is 0 Å². The number of fused-ring (bicyclic) bond motifs is 1. The Morgan fingerprint density at radius 3 is 2.96 bits per heavy atom. The SMILES string of the molecule is CCNC(=NCC1CCCN1C)NCCc1c[nH]c2ccc(F)cc12.I. The van der Waals surface area contributed by atoms with Crippen molar-refractivity contribution >= 4 is 40.8 Å². The van der Waals surface area contributed by atoms with Gasteiger partial charge in [-0.2, -0.15) is 0 Å². The van der Waals surface area contributed by atoms with E-state index < -0.39 is 0 Å². The topological polar surface area (TPSA) is 55.5 Å². The van der Waals surface area contributed by atoms with Gasteiger partial charge in [0, 0.05) is 36.2 Å². The highest BCUT2D eigenvalue weighted by Gasteiger charge is 2.20. The lowest BCUT2D eigenvalue weighted by Crippen LogP contribution is -2.39. The van der Waals surface area contributed by atoms with Gasteiger partial charge in [0.25, 0.3) is 0 Å². The quantitative estimate of drug-likeness (QED) is 0.344. The van der Waals surface area contributed by atoms with Gasteiger partial charge in [0.2, 0.25) is 0 Å². The Hall–Kier alpha value is -1.35. The molecule has 1 unspecified atom stereocenters. The van der Waals surface area contributed by atoms with Gasteiger partial charge in [-0.3, -0.25) is 4.99 Å². The summed E-state index contributed by atoms with van der Waals surface area (Å²) in [6.45, 7) is 5.66. The molecule has 1 atom stereocenters. The summed E-state index contributed by atoms with van der Waals surface area (Å²) in [4.78, 5) is 10.3. The molecule has 1 aliphatic rings. The van der Waals surface area contributed by atoms with Crippen molar-refractivity contribution in [1.82, 2.24) is 20.5 Å². The van der Waals surface area contributed by atoms with E-state index in [1.807, 2.05) is 6.20 Å². The van der Waals surface area contributed by atoms with Crippen LogP contribution in [0.4, 0.5) is 4.39 Å². The Labute approximate surface area is 171 Å². The van der Waals surface area contributed by atoms with Gasteiger partial charge in [-0.05, 0) is 63.5 Å². The number of aliphatic imine (C=N–C) groups is 1. The summed E-state index contributed by atoms with van der Waals surface area (Å²) >= 11 is 0. The molecule has 1 aromatic carbocycles. The molecule has 144 valence electrons. The van der Waals surface area contributed by atoms with Gasteiger partial charge in [-0.1, -0.05) is 0 Å². The van der Waals surface area contributed by atoms with Crippen molar-refractivity contribution in [2.45, 2.75) is 32.2 Å². The predicted octanol–water partition coefficient (Wildman–Crippen LogP) is 3.12. The number of benzene rings is 1. The summed E-state index contributed by atoms with van der Waals surface area (Å²) in [5.74, 6) is 0.658. The van der Waals surface area contributed by atoms with Crippen LogP contribution in [0.15, 0.2) is 29.4 Å². The second-order valence-corrected chi connectivity index (χ2v) is 6.68. The number of aromatic amines is 1. The zero-order valence-electron chi connectivity index (χ0n) is 15.5. The van der Waals surface area contributed by atoms with E-state index in [4.69, 9.17) is 4.99 Å². The maximum atomic E-state index is 13.5. The van der Waals surface area contributed by atoms with Crippen LogP contribution >= 0.6 is 24.0 Å². The first-order valence-electron chi connectivity index (χ1n) is 9.15. The summed E-state index contributed by atoms with van der Waals surface area (Å²) in [6, 6.07) is 5.41. The summed E-state index contributed by atoms with van der Waals surface area (Å²) in [5, 5.41) is 7.65. The van der Waals surface area contributed by atoms with E-state index in [0.29, 0.717) is 6.04 Å². The van der Waals surface area contributed by atoms with E-state index >= 15 is 0 Å². The molecule has 0 radical (unpaired) electrons. The molecule has 7 heteroatoms. The minimum absolute atomic E-state index is 0. The lowest BCUT2D eigenvalue weighted by Gasteiger charge is -2.18. The molecule has 3 N–H and O–H groups in total. The predicted molar refractivity (Wildman–Crippen MR) is 117 cm³/mol. The van der Waals surface area contributed by atoms with Gasteiger partial charge in [-0.15, -0.1) is 24.0 Å². The molecule has 1 aromatic heterocycles. The molecule has 0 aliphatic carbocycles. The molecule has 1 fully saturated rings. The molecule has 0 amide bonds. The highest BCUT2D eigenvalue weighted by Crippen LogP contribution is 2.19. The van der Waals surface area contributed by atoms with E-state index in [9.17, 15) is 4.39 Å². The largest absolute Gasteiger partial charge is 0.361 e. The van der Waals surface area contributed by atoms with E-state index in [2.05, 4.69) is 34.5 Å². The number of nitrogens with zero attached hydrogens (tertiary/aromatic N) is 2. The van der Waals surface area contributed by atoms with Crippen molar-refractivity contribution in [2.75, 3.05) is 33.2 Å². The Bertz CT molecular complexity index is 730. The fourth-order valence-electron chi connectivity index (χ4n) is 3.42. The van der Waals surface area contributed by atoms with E-state index in [1.54, 1.807) is 12.1 Å². The number of aromatic nitrogens is 1. The molecule has 2 aromatic rings. The van der Waals surface area contributed by atoms with Crippen molar-refractivity contribution in [3.63, 3.8) is 0 Å². The molecule has 1 saturated heterocycles. The number of H-pyrrole nitrogens is 1. The number of hydrogen-bond acceptors (Lipinski definition) is 2. The van der Waals surface area contributed by atoms with Crippen molar-refractivity contribution in [3.05, 3.63) is 35.8 Å². The van der Waals surface area contributed by atoms with Crippen LogP contribution in [-0.4, -0.2) is 55.1 Å². The average Bonchev–Trinajstić information content (AvgIpc) is 3.19. The van der Waals surface area contributed by atoms with Crippen LogP contribution in [-0.2, 0) is 6.42 Å². The number of guanidine groups is 1. The van der Waals surface area contributed by atoms with Crippen LogP contribution in [0.2, 0.25) is 0 Å². The van der Waals surface area contributed by atoms with Crippen LogP contribution in [0.5, 0.6) is 0 Å². The van der Waals surface area contributed by atoms with Gasteiger partial charge in [-0.25, -0.2) is 4.39 Å². The summed E-state index contributed by atoms with van der Waals surface area (Å²) < 4.78 is 13.5. The molecule has 5 nitrogen and oxygen atoms in total. The van der Waals surface area contributed by atoms with Crippen molar-refractivity contribution in [3.8, 4) is 0 Å². The van der Waals surface area contributed by atoms with Crippen LogP contribution in [0.25, 0.3) is 10.9 Å². The minimum Gasteiger partial charge on any atom is -0.361 e. The first-order chi connectivity index (χ1) is 12.2. The lowest BCUT2D eigenvalue weighted by atomic mass is 10.1. The summed E-state index contributed by atoms with van der Waals surface area (Å²) in [5.41, 5.74) is 2.09. The highest BCUT2D eigenvalue weighted by molar-refractivity contribution is 14.0. The number of halogens is 2. The third-order valence-electron chi connectivity index (χ3n) is 4.89.